The van der Waals surface area contributed by atoms with Gasteiger partial charge in [0.05, 0.1) is 15.6 Å². The molecule has 2 rings (SSSR count). The summed E-state index contributed by atoms with van der Waals surface area (Å²) in [5.41, 5.74) is 2.17. The van der Waals surface area contributed by atoms with E-state index in [1.165, 1.54) is 5.56 Å². The summed E-state index contributed by atoms with van der Waals surface area (Å²) in [5, 5.41) is 2.05. The average molecular weight is 240 g/mol. The summed E-state index contributed by atoms with van der Waals surface area (Å²) in [6.07, 6.45) is 3.77. The van der Waals surface area contributed by atoms with E-state index >= 15 is 0 Å². The second-order valence-electron chi connectivity index (χ2n) is 3.52. The zero-order valence-corrected chi connectivity index (χ0v) is 9.94. The highest BCUT2D eigenvalue weighted by Crippen LogP contribution is 2.29. The van der Waals surface area contributed by atoms with Gasteiger partial charge >= 0.3 is 0 Å². The third kappa shape index (κ3) is 2.09. The third-order valence-corrected chi connectivity index (χ3v) is 3.15. The Hall–Kier alpha value is -0.790. The molecule has 0 fully saturated rings. The number of fused-ring (bicyclic) bond motifs is 1. The Bertz CT molecular complexity index is 494. The van der Waals surface area contributed by atoms with Crippen molar-refractivity contribution in [1.29, 1.82) is 0 Å². The fourth-order valence-corrected chi connectivity index (χ4v) is 1.98. The number of halogens is 2. The number of rotatable bonds is 2. The van der Waals surface area contributed by atoms with Crippen LogP contribution >= 0.6 is 23.2 Å². The van der Waals surface area contributed by atoms with Crippen LogP contribution in [0.5, 0.6) is 0 Å². The van der Waals surface area contributed by atoms with Gasteiger partial charge in [0.2, 0.25) is 0 Å². The largest absolute Gasteiger partial charge is 0.255 e. The summed E-state index contributed by atoms with van der Waals surface area (Å²) < 4.78 is 0. The number of hydrogen-bond acceptors (Lipinski definition) is 1. The molecule has 0 spiro atoms. The number of pyridine rings is 1. The third-order valence-electron chi connectivity index (χ3n) is 2.36. The van der Waals surface area contributed by atoms with Crippen molar-refractivity contribution in [2.75, 3.05) is 0 Å². The summed E-state index contributed by atoms with van der Waals surface area (Å²) >= 11 is 12.0. The minimum atomic E-state index is 0.512. The maximum Gasteiger partial charge on any atom is 0.0782 e. The van der Waals surface area contributed by atoms with Gasteiger partial charge in [0.1, 0.15) is 0 Å². The van der Waals surface area contributed by atoms with E-state index in [-0.39, 0.29) is 0 Å². The molecule has 3 heteroatoms. The van der Waals surface area contributed by atoms with Gasteiger partial charge in [0, 0.05) is 11.6 Å². The van der Waals surface area contributed by atoms with Gasteiger partial charge in [-0.25, -0.2) is 0 Å². The molecule has 0 aliphatic rings. The first-order chi connectivity index (χ1) is 7.22. The van der Waals surface area contributed by atoms with Gasteiger partial charge in [-0.1, -0.05) is 42.6 Å². The standard InChI is InChI=1S/C12H11Cl2N/c1-2-3-8-4-5-11-9(6-8)12(14)10(13)7-15-11/h4-7H,2-3H2,1H3. The number of benzene rings is 1. The van der Waals surface area contributed by atoms with Crippen molar-refractivity contribution in [2.45, 2.75) is 19.8 Å². The Morgan fingerprint density at radius 2 is 2.07 bits per heavy atom. The monoisotopic (exact) mass is 239 g/mol. The zero-order valence-electron chi connectivity index (χ0n) is 8.43. The molecule has 2 aromatic rings. The van der Waals surface area contributed by atoms with Crippen LogP contribution in [0.1, 0.15) is 18.9 Å². The second kappa shape index (κ2) is 4.38. The molecular formula is C12H11Cl2N. The molecule has 0 N–H and O–H groups in total. The van der Waals surface area contributed by atoms with Crippen LogP contribution in [0.15, 0.2) is 24.4 Å². The molecule has 0 saturated heterocycles. The molecule has 0 atom stereocenters. The predicted molar refractivity (Wildman–Crippen MR) is 65.8 cm³/mol. The molecule has 1 nitrogen and oxygen atoms in total. The molecular weight excluding hydrogens is 229 g/mol. The smallest absolute Gasteiger partial charge is 0.0782 e. The average Bonchev–Trinajstić information content (AvgIpc) is 2.25. The van der Waals surface area contributed by atoms with Crippen LogP contribution in [-0.4, -0.2) is 4.98 Å². The fraction of sp³-hybridized carbons (Fsp3) is 0.250. The minimum Gasteiger partial charge on any atom is -0.255 e. The Morgan fingerprint density at radius 3 is 2.80 bits per heavy atom. The highest BCUT2D eigenvalue weighted by atomic mass is 35.5. The first kappa shape index (κ1) is 10.7. The molecule has 0 radical (unpaired) electrons. The zero-order chi connectivity index (χ0) is 10.8. The molecule has 0 unspecified atom stereocenters. The predicted octanol–water partition coefficient (Wildman–Crippen LogP) is 4.49. The molecule has 1 aromatic carbocycles. The van der Waals surface area contributed by atoms with E-state index < -0.39 is 0 Å². The SMILES string of the molecule is CCCc1ccc2ncc(Cl)c(Cl)c2c1. The molecule has 0 bridgehead atoms. The lowest BCUT2D eigenvalue weighted by molar-refractivity contribution is 0.923. The maximum atomic E-state index is 6.13. The van der Waals surface area contributed by atoms with Crippen LogP contribution < -0.4 is 0 Å². The van der Waals surface area contributed by atoms with Gasteiger partial charge < -0.3 is 0 Å². The van der Waals surface area contributed by atoms with E-state index in [0.29, 0.717) is 10.0 Å². The first-order valence-corrected chi connectivity index (χ1v) is 5.70. The Labute approximate surface area is 99.0 Å². The van der Waals surface area contributed by atoms with Crippen molar-refractivity contribution in [2.24, 2.45) is 0 Å². The Balaban J connectivity index is 2.63. The molecule has 1 heterocycles. The summed E-state index contributed by atoms with van der Waals surface area (Å²) in [7, 11) is 0. The second-order valence-corrected chi connectivity index (χ2v) is 4.31. The lowest BCUT2D eigenvalue weighted by Crippen LogP contribution is -1.86. The van der Waals surface area contributed by atoms with Gasteiger partial charge in [-0.3, -0.25) is 4.98 Å². The molecule has 0 amide bonds. The van der Waals surface area contributed by atoms with E-state index in [2.05, 4.69) is 24.0 Å². The van der Waals surface area contributed by atoms with Crippen molar-refractivity contribution >= 4 is 34.1 Å². The molecule has 78 valence electrons. The van der Waals surface area contributed by atoms with Crippen LogP contribution in [0.2, 0.25) is 10.0 Å². The summed E-state index contributed by atoms with van der Waals surface area (Å²) in [6, 6.07) is 6.14. The topological polar surface area (TPSA) is 12.9 Å². The van der Waals surface area contributed by atoms with Crippen LogP contribution in [0.25, 0.3) is 10.9 Å². The minimum absolute atomic E-state index is 0.512. The van der Waals surface area contributed by atoms with Crippen molar-refractivity contribution in [3.8, 4) is 0 Å². The van der Waals surface area contributed by atoms with Crippen LogP contribution in [-0.2, 0) is 6.42 Å². The van der Waals surface area contributed by atoms with Gasteiger partial charge in [-0.15, -0.1) is 0 Å². The highest BCUT2D eigenvalue weighted by Gasteiger charge is 2.05. The van der Waals surface area contributed by atoms with Crippen molar-refractivity contribution in [3.63, 3.8) is 0 Å². The van der Waals surface area contributed by atoms with E-state index in [1.807, 2.05) is 6.07 Å². The summed E-state index contributed by atoms with van der Waals surface area (Å²) in [4.78, 5) is 4.23. The molecule has 0 aliphatic carbocycles. The van der Waals surface area contributed by atoms with E-state index in [4.69, 9.17) is 23.2 Å². The van der Waals surface area contributed by atoms with Gasteiger partial charge in [0.15, 0.2) is 0 Å². The van der Waals surface area contributed by atoms with Crippen LogP contribution in [0, 0.1) is 0 Å². The van der Waals surface area contributed by atoms with Gasteiger partial charge in [-0.05, 0) is 24.1 Å². The van der Waals surface area contributed by atoms with Crippen molar-refractivity contribution < 1.29 is 0 Å². The molecule has 1 aromatic heterocycles. The molecule has 0 aliphatic heterocycles. The number of nitrogens with zero attached hydrogens (tertiary/aromatic N) is 1. The lowest BCUT2D eigenvalue weighted by atomic mass is 10.1. The summed E-state index contributed by atoms with van der Waals surface area (Å²) in [5.74, 6) is 0. The van der Waals surface area contributed by atoms with Crippen LogP contribution in [0.4, 0.5) is 0 Å². The number of aromatic nitrogens is 1. The molecule has 0 saturated carbocycles. The van der Waals surface area contributed by atoms with Crippen LogP contribution in [0.3, 0.4) is 0 Å². The lowest BCUT2D eigenvalue weighted by Gasteiger charge is -2.04. The normalized spacial score (nSPS) is 10.9. The highest BCUT2D eigenvalue weighted by molar-refractivity contribution is 6.45. The number of aryl methyl sites for hydroxylation is 1. The van der Waals surface area contributed by atoms with E-state index in [9.17, 15) is 0 Å². The van der Waals surface area contributed by atoms with Gasteiger partial charge in [-0.2, -0.15) is 0 Å². The molecule has 15 heavy (non-hydrogen) atoms. The first-order valence-electron chi connectivity index (χ1n) is 4.95. The van der Waals surface area contributed by atoms with Crippen molar-refractivity contribution in [1.82, 2.24) is 4.98 Å². The fourth-order valence-electron chi connectivity index (χ4n) is 1.63. The summed E-state index contributed by atoms with van der Waals surface area (Å²) in [6.45, 7) is 2.15. The maximum absolute atomic E-state index is 6.13. The van der Waals surface area contributed by atoms with E-state index in [0.717, 1.165) is 23.7 Å². The van der Waals surface area contributed by atoms with Crippen molar-refractivity contribution in [3.05, 3.63) is 40.0 Å². The Morgan fingerprint density at radius 1 is 1.27 bits per heavy atom. The quantitative estimate of drug-likeness (QED) is 0.753. The number of hydrogen-bond donors (Lipinski definition) is 0. The Kier molecular flexibility index (Phi) is 3.13. The van der Waals surface area contributed by atoms with Gasteiger partial charge in [0.25, 0.3) is 0 Å². The van der Waals surface area contributed by atoms with E-state index in [1.54, 1.807) is 6.20 Å².